The van der Waals surface area contributed by atoms with Crippen LogP contribution in [0.3, 0.4) is 0 Å². The van der Waals surface area contributed by atoms with Crippen molar-refractivity contribution in [2.45, 2.75) is 57.1 Å². The summed E-state index contributed by atoms with van der Waals surface area (Å²) in [5.41, 5.74) is 0.343. The molecular weight excluding hydrogens is 585 g/mol. The number of halogens is 2. The fraction of sp³-hybridized carbons (Fsp3) is 0.310. The molecule has 10 heteroatoms. The highest BCUT2D eigenvalue weighted by Gasteiger charge is 2.34. The Morgan fingerprint density at radius 1 is 0.974 bits per heavy atom. The monoisotopic (exact) mass is 617 g/mol. The lowest BCUT2D eigenvalue weighted by molar-refractivity contribution is -0.141. The minimum atomic E-state index is -4.14. The molecule has 1 atom stereocenters. The number of hydrogen-bond donors (Lipinski definition) is 1. The molecule has 0 saturated carbocycles. The first kappa shape index (κ1) is 30.3. The van der Waals surface area contributed by atoms with Gasteiger partial charge in [-0.1, -0.05) is 59.3 Å². The number of benzene rings is 3. The Morgan fingerprint density at radius 3 is 2.18 bits per heavy atom. The molecule has 2 amide bonds. The maximum absolute atomic E-state index is 14.0. The van der Waals surface area contributed by atoms with Gasteiger partial charge >= 0.3 is 0 Å². The highest BCUT2D eigenvalue weighted by Crippen LogP contribution is 2.27. The standard InChI is InChI=1S/C29H33BrFN3O4S/c1-5-26(28(36)32-29(2,3)4)33(19-21-14-16-23(31)17-15-21)27(35)20-34(24-11-9-10-22(30)18-24)39(37,38)25-12-7-6-8-13-25/h6-18,26H,5,19-20H2,1-4H3,(H,32,36). The molecule has 0 heterocycles. The number of amides is 2. The van der Waals surface area contributed by atoms with Gasteiger partial charge in [-0.15, -0.1) is 0 Å². The Hall–Kier alpha value is -3.24. The molecule has 0 aromatic heterocycles. The van der Waals surface area contributed by atoms with Crippen molar-refractivity contribution < 1.29 is 22.4 Å². The van der Waals surface area contributed by atoms with Gasteiger partial charge in [0.15, 0.2) is 0 Å². The van der Waals surface area contributed by atoms with Crippen molar-refractivity contribution in [1.82, 2.24) is 10.2 Å². The van der Waals surface area contributed by atoms with Gasteiger partial charge in [-0.25, -0.2) is 12.8 Å². The third-order valence-corrected chi connectivity index (χ3v) is 8.14. The van der Waals surface area contributed by atoms with Crippen LogP contribution >= 0.6 is 15.9 Å². The van der Waals surface area contributed by atoms with Crippen LogP contribution in [0.25, 0.3) is 0 Å². The van der Waals surface area contributed by atoms with Crippen molar-refractivity contribution in [3.63, 3.8) is 0 Å². The minimum absolute atomic E-state index is 0.00705. The molecule has 0 aliphatic rings. The number of anilines is 1. The number of carbonyl (C=O) groups is 2. The quantitative estimate of drug-likeness (QED) is 0.325. The Labute approximate surface area is 238 Å². The Kier molecular flexibility index (Phi) is 9.90. The van der Waals surface area contributed by atoms with Gasteiger partial charge in [0.25, 0.3) is 10.0 Å². The summed E-state index contributed by atoms with van der Waals surface area (Å²) in [7, 11) is -4.14. The van der Waals surface area contributed by atoms with E-state index in [1.807, 2.05) is 20.8 Å². The van der Waals surface area contributed by atoms with Crippen LogP contribution in [0.1, 0.15) is 39.7 Å². The summed E-state index contributed by atoms with van der Waals surface area (Å²) in [4.78, 5) is 28.7. The number of sulfonamides is 1. The molecule has 1 N–H and O–H groups in total. The largest absolute Gasteiger partial charge is 0.350 e. The predicted octanol–water partition coefficient (Wildman–Crippen LogP) is 5.51. The van der Waals surface area contributed by atoms with Crippen LogP contribution in [0, 0.1) is 5.82 Å². The normalized spacial score (nSPS) is 12.5. The number of hydrogen-bond acceptors (Lipinski definition) is 4. The third-order valence-electron chi connectivity index (χ3n) is 5.86. The average molecular weight is 619 g/mol. The molecular formula is C29H33BrFN3O4S. The van der Waals surface area contributed by atoms with E-state index in [-0.39, 0.29) is 29.5 Å². The molecule has 7 nitrogen and oxygen atoms in total. The number of rotatable bonds is 10. The Morgan fingerprint density at radius 2 is 1.62 bits per heavy atom. The lowest BCUT2D eigenvalue weighted by Gasteiger charge is -2.34. The molecule has 0 fully saturated rings. The number of carbonyl (C=O) groups excluding carboxylic acids is 2. The number of nitrogens with zero attached hydrogens (tertiary/aromatic N) is 2. The summed E-state index contributed by atoms with van der Waals surface area (Å²) in [6.07, 6.45) is 0.289. The van der Waals surface area contributed by atoms with E-state index in [1.165, 1.54) is 41.3 Å². The molecule has 208 valence electrons. The van der Waals surface area contributed by atoms with Gasteiger partial charge in [0, 0.05) is 16.6 Å². The van der Waals surface area contributed by atoms with Crippen LogP contribution in [0.4, 0.5) is 10.1 Å². The van der Waals surface area contributed by atoms with E-state index < -0.39 is 39.9 Å². The fourth-order valence-electron chi connectivity index (χ4n) is 4.04. The van der Waals surface area contributed by atoms with Gasteiger partial charge in [0.2, 0.25) is 11.8 Å². The Bertz CT molecular complexity index is 1390. The average Bonchev–Trinajstić information content (AvgIpc) is 2.87. The molecule has 3 aromatic carbocycles. The van der Waals surface area contributed by atoms with E-state index in [9.17, 15) is 22.4 Å². The highest BCUT2D eigenvalue weighted by molar-refractivity contribution is 9.10. The summed E-state index contributed by atoms with van der Waals surface area (Å²) < 4.78 is 42.8. The van der Waals surface area contributed by atoms with Gasteiger partial charge in [-0.3, -0.25) is 13.9 Å². The molecule has 0 bridgehead atoms. The second-order valence-electron chi connectivity index (χ2n) is 10.1. The van der Waals surface area contributed by atoms with Crippen molar-refractivity contribution in [3.8, 4) is 0 Å². The minimum Gasteiger partial charge on any atom is -0.350 e. The van der Waals surface area contributed by atoms with Gasteiger partial charge in [-0.05, 0) is 75.2 Å². The first-order chi connectivity index (χ1) is 18.3. The molecule has 0 spiro atoms. The maximum atomic E-state index is 14.0. The van der Waals surface area contributed by atoms with Crippen molar-refractivity contribution in [1.29, 1.82) is 0 Å². The lowest BCUT2D eigenvalue weighted by atomic mass is 10.1. The van der Waals surface area contributed by atoms with Crippen molar-refractivity contribution in [3.05, 3.63) is 94.7 Å². The zero-order valence-electron chi connectivity index (χ0n) is 22.4. The summed E-state index contributed by atoms with van der Waals surface area (Å²) in [5.74, 6) is -1.36. The van der Waals surface area contributed by atoms with Crippen LogP contribution in [-0.4, -0.2) is 43.3 Å². The summed E-state index contributed by atoms with van der Waals surface area (Å²) in [6.45, 7) is 6.74. The molecule has 0 aliphatic heterocycles. The highest BCUT2D eigenvalue weighted by atomic mass is 79.9. The van der Waals surface area contributed by atoms with Gasteiger partial charge in [-0.2, -0.15) is 0 Å². The molecule has 0 radical (unpaired) electrons. The fourth-order valence-corrected chi connectivity index (χ4v) is 5.85. The molecule has 0 saturated heterocycles. The molecule has 3 aromatic rings. The lowest BCUT2D eigenvalue weighted by Crippen LogP contribution is -2.55. The van der Waals surface area contributed by atoms with Crippen LogP contribution in [-0.2, 0) is 26.2 Å². The second-order valence-corrected chi connectivity index (χ2v) is 12.9. The zero-order valence-corrected chi connectivity index (χ0v) is 24.8. The smallest absolute Gasteiger partial charge is 0.264 e. The topological polar surface area (TPSA) is 86.8 Å². The van der Waals surface area contributed by atoms with Crippen LogP contribution in [0.2, 0.25) is 0 Å². The summed E-state index contributed by atoms with van der Waals surface area (Å²) in [5, 5.41) is 2.92. The van der Waals surface area contributed by atoms with Crippen molar-refractivity contribution in [2.24, 2.45) is 0 Å². The van der Waals surface area contributed by atoms with Crippen molar-refractivity contribution >= 4 is 43.5 Å². The van der Waals surface area contributed by atoms with E-state index in [0.29, 0.717) is 10.0 Å². The van der Waals surface area contributed by atoms with Gasteiger partial charge < -0.3 is 10.2 Å². The zero-order chi connectivity index (χ0) is 28.8. The third kappa shape index (κ3) is 8.12. The van der Waals surface area contributed by atoms with Gasteiger partial charge in [0.05, 0.1) is 10.6 Å². The summed E-state index contributed by atoms with van der Waals surface area (Å²) >= 11 is 3.38. The van der Waals surface area contributed by atoms with E-state index in [1.54, 1.807) is 49.4 Å². The SMILES string of the molecule is CCC(C(=O)NC(C)(C)C)N(Cc1ccc(F)cc1)C(=O)CN(c1cccc(Br)c1)S(=O)(=O)c1ccccc1. The first-order valence-corrected chi connectivity index (χ1v) is 14.7. The van der Waals surface area contributed by atoms with Crippen molar-refractivity contribution in [2.75, 3.05) is 10.8 Å². The first-order valence-electron chi connectivity index (χ1n) is 12.5. The maximum Gasteiger partial charge on any atom is 0.264 e. The summed E-state index contributed by atoms with van der Waals surface area (Å²) in [6, 6.07) is 19.3. The van der Waals surface area contributed by atoms with Crippen LogP contribution in [0.15, 0.2) is 88.2 Å². The molecule has 1 unspecified atom stereocenters. The van der Waals surface area contributed by atoms with E-state index >= 15 is 0 Å². The Balaban J connectivity index is 2.06. The number of nitrogens with one attached hydrogen (secondary N) is 1. The molecule has 0 aliphatic carbocycles. The van der Waals surface area contributed by atoms with E-state index in [4.69, 9.17) is 0 Å². The second kappa shape index (κ2) is 12.7. The van der Waals surface area contributed by atoms with E-state index in [0.717, 1.165) is 4.31 Å². The van der Waals surface area contributed by atoms with Gasteiger partial charge in [0.1, 0.15) is 18.4 Å². The van der Waals surface area contributed by atoms with E-state index in [2.05, 4.69) is 21.2 Å². The molecule has 3 rings (SSSR count). The molecule has 39 heavy (non-hydrogen) atoms. The van der Waals surface area contributed by atoms with Crippen LogP contribution < -0.4 is 9.62 Å². The predicted molar refractivity (Wildman–Crippen MR) is 154 cm³/mol. The van der Waals surface area contributed by atoms with Crippen LogP contribution in [0.5, 0.6) is 0 Å².